The van der Waals surface area contributed by atoms with Crippen molar-refractivity contribution in [2.75, 3.05) is 52.9 Å². The van der Waals surface area contributed by atoms with Crippen LogP contribution < -0.4 is 21.4 Å². The summed E-state index contributed by atoms with van der Waals surface area (Å²) in [7, 11) is 2.12. The third kappa shape index (κ3) is 7.53. The van der Waals surface area contributed by atoms with Gasteiger partial charge < -0.3 is 25.1 Å². The number of carbonyl (C=O) groups excluding carboxylic acids is 2. The Morgan fingerprint density at radius 3 is 2.52 bits per heavy atom. The Hall–Kier alpha value is -3.34. The molecule has 2 saturated heterocycles. The van der Waals surface area contributed by atoms with Gasteiger partial charge in [-0.2, -0.15) is 0 Å². The number of piperidine rings is 1. The van der Waals surface area contributed by atoms with Gasteiger partial charge in [-0.1, -0.05) is 43.3 Å². The zero-order chi connectivity index (χ0) is 29.7. The summed E-state index contributed by atoms with van der Waals surface area (Å²) in [5.41, 5.74) is -0.137. The minimum absolute atomic E-state index is 0.00180. The maximum absolute atomic E-state index is 13.3. The highest BCUT2D eigenvalue weighted by atomic mass is 16.3. The van der Waals surface area contributed by atoms with E-state index in [1.54, 1.807) is 0 Å². The van der Waals surface area contributed by atoms with Crippen molar-refractivity contribution in [2.45, 2.75) is 63.1 Å². The highest BCUT2D eigenvalue weighted by molar-refractivity contribution is 5.78. The van der Waals surface area contributed by atoms with E-state index in [1.165, 1.54) is 10.9 Å². The van der Waals surface area contributed by atoms with Crippen LogP contribution in [-0.2, 0) is 16.1 Å². The molecule has 3 heterocycles. The lowest BCUT2D eigenvalue weighted by molar-refractivity contribution is -0.136. The molecule has 42 heavy (non-hydrogen) atoms. The first-order valence-corrected chi connectivity index (χ1v) is 15.2. The molecule has 10 heteroatoms. The molecule has 3 aliphatic rings. The van der Waals surface area contributed by atoms with Crippen LogP contribution in [0.2, 0.25) is 0 Å². The van der Waals surface area contributed by atoms with E-state index in [0.717, 1.165) is 38.3 Å². The van der Waals surface area contributed by atoms with Gasteiger partial charge in [0, 0.05) is 58.7 Å². The highest BCUT2D eigenvalue weighted by Gasteiger charge is 2.35. The first-order valence-electron chi connectivity index (χ1n) is 15.2. The SMILES string of the molecule is C[C@H](CC(=O)N1CCC(O)(Cn2cnc3c(c2=O)=CCC(NC(=O)CCN2CCN(C)CC2)C=3)CC1)c1ccccc1. The minimum Gasteiger partial charge on any atom is -0.388 e. The van der Waals surface area contributed by atoms with E-state index >= 15 is 0 Å². The molecule has 2 aromatic rings. The number of nitrogens with zero attached hydrogens (tertiary/aromatic N) is 5. The Balaban J connectivity index is 1.13. The van der Waals surface area contributed by atoms with E-state index in [1.807, 2.05) is 47.4 Å². The highest BCUT2D eigenvalue weighted by Crippen LogP contribution is 2.26. The summed E-state index contributed by atoms with van der Waals surface area (Å²) < 4.78 is 1.48. The van der Waals surface area contributed by atoms with Crippen LogP contribution in [0, 0.1) is 0 Å². The number of rotatable bonds is 9. The number of piperazine rings is 1. The van der Waals surface area contributed by atoms with Gasteiger partial charge >= 0.3 is 0 Å². The summed E-state index contributed by atoms with van der Waals surface area (Å²) >= 11 is 0. The fourth-order valence-electron chi connectivity index (χ4n) is 6.11. The molecule has 2 aliphatic heterocycles. The van der Waals surface area contributed by atoms with Crippen molar-refractivity contribution < 1.29 is 14.7 Å². The molecule has 2 fully saturated rings. The van der Waals surface area contributed by atoms with Gasteiger partial charge in [0.15, 0.2) is 0 Å². The Bertz CT molecular complexity index is 1430. The van der Waals surface area contributed by atoms with E-state index in [4.69, 9.17) is 0 Å². The molecule has 1 aromatic carbocycles. The van der Waals surface area contributed by atoms with Gasteiger partial charge in [0.05, 0.1) is 35.1 Å². The Labute approximate surface area is 247 Å². The summed E-state index contributed by atoms with van der Waals surface area (Å²) in [4.78, 5) is 49.7. The predicted octanol–water partition coefficient (Wildman–Crippen LogP) is -0.122. The van der Waals surface area contributed by atoms with Crippen LogP contribution in [-0.4, -0.2) is 106 Å². The van der Waals surface area contributed by atoms with E-state index in [9.17, 15) is 19.5 Å². The average Bonchev–Trinajstić information content (AvgIpc) is 2.99. The van der Waals surface area contributed by atoms with Gasteiger partial charge in [-0.05, 0) is 43.9 Å². The minimum atomic E-state index is -1.08. The second-order valence-corrected chi connectivity index (χ2v) is 12.3. The molecular formula is C32H44N6O4. The van der Waals surface area contributed by atoms with Crippen LogP contribution in [0.15, 0.2) is 41.5 Å². The normalized spacial score (nSPS) is 21.5. The average molecular weight is 577 g/mol. The van der Waals surface area contributed by atoms with Crippen molar-refractivity contribution in [1.29, 1.82) is 0 Å². The zero-order valence-electron chi connectivity index (χ0n) is 24.9. The summed E-state index contributed by atoms with van der Waals surface area (Å²) in [6.07, 6.45) is 7.39. The summed E-state index contributed by atoms with van der Waals surface area (Å²) in [5, 5.41) is 15.4. The monoisotopic (exact) mass is 576 g/mol. The van der Waals surface area contributed by atoms with Crippen LogP contribution in [0.3, 0.4) is 0 Å². The third-order valence-electron chi connectivity index (χ3n) is 9.00. The van der Waals surface area contributed by atoms with E-state index in [2.05, 4.69) is 34.1 Å². The van der Waals surface area contributed by atoms with Gasteiger partial charge in [-0.15, -0.1) is 0 Å². The van der Waals surface area contributed by atoms with Crippen molar-refractivity contribution in [2.24, 2.45) is 0 Å². The molecule has 1 aliphatic carbocycles. The largest absolute Gasteiger partial charge is 0.388 e. The number of hydrogen-bond donors (Lipinski definition) is 2. The molecule has 0 radical (unpaired) electrons. The zero-order valence-corrected chi connectivity index (χ0v) is 24.9. The van der Waals surface area contributed by atoms with E-state index < -0.39 is 5.60 Å². The number of benzene rings is 1. The lowest BCUT2D eigenvalue weighted by atomic mass is 9.90. The van der Waals surface area contributed by atoms with Crippen molar-refractivity contribution in [3.63, 3.8) is 0 Å². The summed E-state index contributed by atoms with van der Waals surface area (Å²) in [6, 6.07) is 9.82. The van der Waals surface area contributed by atoms with Gasteiger partial charge in [-0.25, -0.2) is 4.98 Å². The van der Waals surface area contributed by atoms with Crippen molar-refractivity contribution >= 4 is 24.0 Å². The molecule has 0 spiro atoms. The number of nitrogens with one attached hydrogen (secondary N) is 1. The van der Waals surface area contributed by atoms with Gasteiger partial charge in [0.25, 0.3) is 5.56 Å². The lowest BCUT2D eigenvalue weighted by Gasteiger charge is -2.38. The van der Waals surface area contributed by atoms with Gasteiger partial charge in [-0.3, -0.25) is 19.0 Å². The Kier molecular flexibility index (Phi) is 9.55. The number of aromatic nitrogens is 2. The molecule has 10 nitrogen and oxygen atoms in total. The van der Waals surface area contributed by atoms with Crippen molar-refractivity contribution in [3.8, 4) is 0 Å². The number of likely N-dealkylation sites (N-methyl/N-ethyl adjacent to an activating group) is 1. The smallest absolute Gasteiger partial charge is 0.260 e. The van der Waals surface area contributed by atoms with Crippen LogP contribution >= 0.6 is 0 Å². The lowest BCUT2D eigenvalue weighted by Crippen LogP contribution is -2.54. The van der Waals surface area contributed by atoms with E-state index in [0.29, 0.717) is 55.8 Å². The number of amides is 2. The topological polar surface area (TPSA) is 111 Å². The van der Waals surface area contributed by atoms with Crippen molar-refractivity contribution in [3.05, 3.63) is 63.1 Å². The number of fused-ring (bicyclic) bond motifs is 1. The summed E-state index contributed by atoms with van der Waals surface area (Å²) in [6.45, 7) is 7.87. The molecule has 2 atom stereocenters. The molecule has 1 unspecified atom stereocenters. The predicted molar refractivity (Wildman–Crippen MR) is 162 cm³/mol. The first kappa shape index (κ1) is 30.1. The number of aliphatic hydroxyl groups is 1. The van der Waals surface area contributed by atoms with Gasteiger partial charge in [0.2, 0.25) is 11.8 Å². The maximum atomic E-state index is 13.3. The van der Waals surface area contributed by atoms with Crippen molar-refractivity contribution in [1.82, 2.24) is 29.6 Å². The van der Waals surface area contributed by atoms with Crippen LogP contribution in [0.1, 0.15) is 50.5 Å². The number of likely N-dealkylation sites (tertiary alicyclic amines) is 1. The molecule has 0 bridgehead atoms. The fraction of sp³-hybridized carbons (Fsp3) is 0.562. The molecule has 226 valence electrons. The third-order valence-corrected chi connectivity index (χ3v) is 9.00. The van der Waals surface area contributed by atoms with Crippen LogP contribution in [0.25, 0.3) is 12.2 Å². The second-order valence-electron chi connectivity index (χ2n) is 12.3. The molecule has 2 N–H and O–H groups in total. The quantitative estimate of drug-likeness (QED) is 0.428. The first-order chi connectivity index (χ1) is 20.2. The summed E-state index contributed by atoms with van der Waals surface area (Å²) in [5.74, 6) is 0.219. The number of hydrogen-bond acceptors (Lipinski definition) is 7. The maximum Gasteiger partial charge on any atom is 0.260 e. The van der Waals surface area contributed by atoms with E-state index in [-0.39, 0.29) is 35.9 Å². The number of carbonyl (C=O) groups is 2. The second kappa shape index (κ2) is 13.3. The molecule has 1 aromatic heterocycles. The standard InChI is InChI=1S/C32H44N6O4/c1-24(25-6-4-3-5-7-25)20-30(40)37-14-11-32(42,12-15-37)22-38-23-33-28-21-26(8-9-27(28)31(38)41)34-29(39)10-13-36-18-16-35(2)17-19-36/h3-7,9,21,23-24,26,42H,8,10-20,22H2,1-2H3,(H,34,39)/t24-,26?/m1/s1. The Morgan fingerprint density at radius 2 is 1.81 bits per heavy atom. The molecule has 5 rings (SSSR count). The Morgan fingerprint density at radius 1 is 1.10 bits per heavy atom. The fourth-order valence-corrected chi connectivity index (χ4v) is 6.11. The molecular weight excluding hydrogens is 532 g/mol. The molecule has 2 amide bonds. The van der Waals surface area contributed by atoms with Crippen LogP contribution in [0.5, 0.6) is 0 Å². The molecule has 0 saturated carbocycles. The van der Waals surface area contributed by atoms with Crippen LogP contribution in [0.4, 0.5) is 0 Å². The van der Waals surface area contributed by atoms with Gasteiger partial charge in [0.1, 0.15) is 0 Å².